The third-order valence-electron chi connectivity index (χ3n) is 4.62. The van der Waals surface area contributed by atoms with Gasteiger partial charge in [0.15, 0.2) is 0 Å². The Morgan fingerprint density at radius 2 is 2.04 bits per heavy atom. The Kier molecular flexibility index (Phi) is 6.12. The van der Waals surface area contributed by atoms with Crippen molar-refractivity contribution in [2.24, 2.45) is 11.7 Å². The predicted molar refractivity (Wildman–Crippen MR) is 93.0 cm³/mol. The average molecular weight is 368 g/mol. The lowest BCUT2D eigenvalue weighted by molar-refractivity contribution is -0.123. The first kappa shape index (κ1) is 19.3. The zero-order valence-corrected chi connectivity index (χ0v) is 15.2. The molecule has 8 nitrogen and oxygen atoms in total. The van der Waals surface area contributed by atoms with Crippen molar-refractivity contribution in [3.63, 3.8) is 0 Å². The lowest BCUT2D eigenvalue weighted by Gasteiger charge is -2.39. The molecule has 1 saturated heterocycles. The predicted octanol–water partition coefficient (Wildman–Crippen LogP) is 0.116. The Labute approximate surface area is 147 Å². The number of nitrogens with two attached hydrogens (primary N) is 1. The topological polar surface area (TPSA) is 122 Å². The smallest absolute Gasteiger partial charge is 0.251 e. The number of piperidine rings is 1. The molecule has 1 aliphatic heterocycles. The normalized spacial score (nSPS) is 23.0. The van der Waals surface area contributed by atoms with E-state index in [1.54, 1.807) is 24.5 Å². The van der Waals surface area contributed by atoms with Crippen LogP contribution in [0.15, 0.2) is 24.5 Å². The number of carbonyl (C=O) groups excluding carboxylic acids is 2. The van der Waals surface area contributed by atoms with E-state index < -0.39 is 22.0 Å². The van der Waals surface area contributed by atoms with Crippen molar-refractivity contribution in [2.75, 3.05) is 12.8 Å². The summed E-state index contributed by atoms with van der Waals surface area (Å²) in [5, 5.41) is 2.98. The number of rotatable bonds is 6. The second-order valence-electron chi connectivity index (χ2n) is 6.30. The number of nitrogens with zero attached hydrogens (tertiary/aromatic N) is 2. The largest absolute Gasteiger partial charge is 0.368 e. The summed E-state index contributed by atoms with van der Waals surface area (Å²) in [4.78, 5) is 28.0. The standard InChI is InChI=1S/C16H24N4O4S/c1-3-13(19-16(22)11-4-7-18-8-5-11)12-6-9-20(25(2,23)24)14(10-12)15(17)21/h4-5,7-8,12-14H,3,6,9-10H2,1-2H3,(H2,17,21)(H,19,22)/t12-,13+,14-/m1/s1. The maximum absolute atomic E-state index is 12.4. The maximum Gasteiger partial charge on any atom is 0.251 e. The minimum atomic E-state index is -3.50. The van der Waals surface area contributed by atoms with Gasteiger partial charge in [-0.05, 0) is 37.3 Å². The number of amides is 2. The van der Waals surface area contributed by atoms with E-state index in [1.165, 1.54) is 0 Å². The van der Waals surface area contributed by atoms with Gasteiger partial charge in [0.2, 0.25) is 15.9 Å². The number of nitrogens with one attached hydrogen (secondary N) is 1. The van der Waals surface area contributed by atoms with Gasteiger partial charge in [0.1, 0.15) is 6.04 Å². The van der Waals surface area contributed by atoms with E-state index in [2.05, 4.69) is 10.3 Å². The van der Waals surface area contributed by atoms with Crippen LogP contribution < -0.4 is 11.1 Å². The van der Waals surface area contributed by atoms with E-state index in [0.29, 0.717) is 24.8 Å². The second-order valence-corrected chi connectivity index (χ2v) is 8.24. The minimum absolute atomic E-state index is 0.0220. The highest BCUT2D eigenvalue weighted by Crippen LogP contribution is 2.28. The van der Waals surface area contributed by atoms with E-state index in [1.807, 2.05) is 6.92 Å². The fourth-order valence-corrected chi connectivity index (χ4v) is 4.39. The Morgan fingerprint density at radius 3 is 2.56 bits per heavy atom. The maximum atomic E-state index is 12.4. The van der Waals surface area contributed by atoms with Gasteiger partial charge in [0.25, 0.3) is 5.91 Å². The van der Waals surface area contributed by atoms with Crippen LogP contribution in [0.3, 0.4) is 0 Å². The van der Waals surface area contributed by atoms with Crippen LogP contribution >= 0.6 is 0 Å². The molecule has 138 valence electrons. The van der Waals surface area contributed by atoms with Gasteiger partial charge in [0.05, 0.1) is 6.26 Å². The molecule has 1 aromatic heterocycles. The number of aromatic nitrogens is 1. The fraction of sp³-hybridized carbons (Fsp3) is 0.562. The molecule has 0 spiro atoms. The third-order valence-corrected chi connectivity index (χ3v) is 5.91. The van der Waals surface area contributed by atoms with Crippen molar-refractivity contribution in [2.45, 2.75) is 38.3 Å². The Morgan fingerprint density at radius 1 is 1.40 bits per heavy atom. The summed E-state index contributed by atoms with van der Waals surface area (Å²) in [5.74, 6) is -0.896. The monoisotopic (exact) mass is 368 g/mol. The van der Waals surface area contributed by atoms with Gasteiger partial charge in [-0.15, -0.1) is 0 Å². The fourth-order valence-electron chi connectivity index (χ4n) is 3.30. The molecule has 2 amide bonds. The molecule has 2 rings (SSSR count). The number of carbonyl (C=O) groups is 2. The third kappa shape index (κ3) is 4.76. The first-order valence-corrected chi connectivity index (χ1v) is 10.1. The number of primary amides is 1. The first-order valence-electron chi connectivity index (χ1n) is 8.21. The van der Waals surface area contributed by atoms with Crippen LogP contribution in [-0.4, -0.2) is 54.4 Å². The molecule has 0 unspecified atom stereocenters. The van der Waals surface area contributed by atoms with Crippen LogP contribution in [0, 0.1) is 5.92 Å². The molecule has 2 heterocycles. The summed E-state index contributed by atoms with van der Waals surface area (Å²) in [6.07, 6.45) is 5.70. The summed E-state index contributed by atoms with van der Waals surface area (Å²) in [6.45, 7) is 2.17. The first-order chi connectivity index (χ1) is 11.7. The van der Waals surface area contributed by atoms with E-state index in [-0.39, 0.29) is 24.4 Å². The quantitative estimate of drug-likeness (QED) is 0.738. The van der Waals surface area contributed by atoms with Gasteiger partial charge in [-0.2, -0.15) is 4.31 Å². The lowest BCUT2D eigenvalue weighted by Crippen LogP contribution is -2.55. The number of sulfonamides is 1. The molecule has 9 heteroatoms. The van der Waals surface area contributed by atoms with E-state index in [0.717, 1.165) is 10.6 Å². The van der Waals surface area contributed by atoms with Gasteiger partial charge < -0.3 is 11.1 Å². The highest BCUT2D eigenvalue weighted by molar-refractivity contribution is 7.88. The van der Waals surface area contributed by atoms with Crippen molar-refractivity contribution in [3.8, 4) is 0 Å². The summed E-state index contributed by atoms with van der Waals surface area (Å²) in [6, 6.07) is 2.21. The van der Waals surface area contributed by atoms with Crippen molar-refractivity contribution >= 4 is 21.8 Å². The van der Waals surface area contributed by atoms with Crippen LogP contribution in [0.2, 0.25) is 0 Å². The number of pyridine rings is 1. The van der Waals surface area contributed by atoms with Crippen LogP contribution in [0.5, 0.6) is 0 Å². The molecule has 0 aliphatic carbocycles. The summed E-state index contributed by atoms with van der Waals surface area (Å²) in [5.41, 5.74) is 5.92. The minimum Gasteiger partial charge on any atom is -0.368 e. The van der Waals surface area contributed by atoms with Crippen molar-refractivity contribution in [1.29, 1.82) is 0 Å². The van der Waals surface area contributed by atoms with Gasteiger partial charge in [-0.3, -0.25) is 14.6 Å². The molecule has 0 saturated carbocycles. The zero-order chi connectivity index (χ0) is 18.6. The van der Waals surface area contributed by atoms with Crippen LogP contribution in [0.25, 0.3) is 0 Å². The molecule has 0 radical (unpaired) electrons. The highest BCUT2D eigenvalue weighted by atomic mass is 32.2. The van der Waals surface area contributed by atoms with Crippen molar-refractivity contribution in [3.05, 3.63) is 30.1 Å². The lowest BCUT2D eigenvalue weighted by atomic mass is 9.84. The summed E-state index contributed by atoms with van der Waals surface area (Å²) in [7, 11) is -3.50. The molecule has 3 atom stereocenters. The molecule has 3 N–H and O–H groups in total. The second kappa shape index (κ2) is 7.92. The molecule has 1 aromatic rings. The number of hydrogen-bond acceptors (Lipinski definition) is 5. The van der Waals surface area contributed by atoms with Gasteiger partial charge in [-0.1, -0.05) is 6.92 Å². The van der Waals surface area contributed by atoms with Gasteiger partial charge in [-0.25, -0.2) is 8.42 Å². The molecule has 25 heavy (non-hydrogen) atoms. The van der Waals surface area contributed by atoms with E-state index in [4.69, 9.17) is 5.73 Å². The zero-order valence-electron chi connectivity index (χ0n) is 14.4. The Hall–Kier alpha value is -2.00. The Balaban J connectivity index is 2.11. The molecular weight excluding hydrogens is 344 g/mol. The van der Waals surface area contributed by atoms with Crippen molar-refractivity contribution in [1.82, 2.24) is 14.6 Å². The van der Waals surface area contributed by atoms with Crippen LogP contribution in [0.4, 0.5) is 0 Å². The summed E-state index contributed by atoms with van der Waals surface area (Å²) >= 11 is 0. The number of hydrogen-bond donors (Lipinski definition) is 2. The highest BCUT2D eigenvalue weighted by Gasteiger charge is 2.39. The summed E-state index contributed by atoms with van der Waals surface area (Å²) < 4.78 is 24.9. The van der Waals surface area contributed by atoms with Crippen LogP contribution in [-0.2, 0) is 14.8 Å². The average Bonchev–Trinajstić information content (AvgIpc) is 2.58. The molecule has 1 fully saturated rings. The van der Waals surface area contributed by atoms with Gasteiger partial charge >= 0.3 is 0 Å². The van der Waals surface area contributed by atoms with Crippen molar-refractivity contribution < 1.29 is 18.0 Å². The SMILES string of the molecule is CC[C@H](NC(=O)c1ccncc1)[C@@H]1CCN(S(C)(=O)=O)[C@@H](C(N)=O)C1. The Bertz CT molecular complexity index is 723. The molecule has 0 aromatic carbocycles. The molecular formula is C16H24N4O4S. The van der Waals surface area contributed by atoms with Crippen LogP contribution in [0.1, 0.15) is 36.5 Å². The molecule has 0 bridgehead atoms. The van der Waals surface area contributed by atoms with E-state index >= 15 is 0 Å². The van der Waals surface area contributed by atoms with E-state index in [9.17, 15) is 18.0 Å². The molecule has 1 aliphatic rings. The van der Waals surface area contributed by atoms with Gasteiger partial charge in [0, 0.05) is 30.5 Å².